The maximum Gasteiger partial charge on any atom is 0.240 e. The third-order valence-electron chi connectivity index (χ3n) is 4.65. The predicted molar refractivity (Wildman–Crippen MR) is 107 cm³/mol. The van der Waals surface area contributed by atoms with Gasteiger partial charge in [0.05, 0.1) is 17.1 Å². The lowest BCUT2D eigenvalue weighted by molar-refractivity contribution is -0.122. The summed E-state index contributed by atoms with van der Waals surface area (Å²) in [6, 6.07) is 15.7. The highest BCUT2D eigenvalue weighted by molar-refractivity contribution is 9.10. The summed E-state index contributed by atoms with van der Waals surface area (Å²) < 4.78 is 3.06. The molecule has 6 heteroatoms. The molecular weight excluding hydrogens is 392 g/mol. The zero-order valence-corrected chi connectivity index (χ0v) is 16.2. The van der Waals surface area contributed by atoms with Gasteiger partial charge in [-0.05, 0) is 48.0 Å². The lowest BCUT2D eigenvalue weighted by Crippen LogP contribution is -2.30. The molecule has 4 aromatic rings. The van der Waals surface area contributed by atoms with Crippen LogP contribution in [0.15, 0.2) is 53.0 Å². The summed E-state index contributed by atoms with van der Waals surface area (Å²) in [6.45, 7) is 4.22. The van der Waals surface area contributed by atoms with Gasteiger partial charge >= 0.3 is 0 Å². The molecule has 1 amide bonds. The number of H-pyrrole nitrogens is 1. The van der Waals surface area contributed by atoms with E-state index in [4.69, 9.17) is 0 Å². The Labute approximate surface area is 159 Å². The summed E-state index contributed by atoms with van der Waals surface area (Å²) in [5.74, 6) is 0.712. The van der Waals surface area contributed by atoms with Crippen molar-refractivity contribution < 1.29 is 4.79 Å². The molecule has 2 heterocycles. The van der Waals surface area contributed by atoms with Crippen LogP contribution in [0.3, 0.4) is 0 Å². The fraction of sp³-hybridized carbons (Fsp3) is 0.200. The number of aromatic nitrogens is 3. The van der Waals surface area contributed by atoms with Crippen molar-refractivity contribution in [3.8, 4) is 0 Å². The maximum absolute atomic E-state index is 12.6. The molecule has 0 spiro atoms. The Morgan fingerprint density at radius 2 is 1.96 bits per heavy atom. The van der Waals surface area contributed by atoms with Crippen molar-refractivity contribution in [1.82, 2.24) is 19.9 Å². The van der Waals surface area contributed by atoms with Crippen molar-refractivity contribution in [3.63, 3.8) is 0 Å². The van der Waals surface area contributed by atoms with Crippen LogP contribution in [-0.2, 0) is 11.3 Å². The summed E-state index contributed by atoms with van der Waals surface area (Å²) in [5.41, 5.74) is 3.96. The van der Waals surface area contributed by atoms with Gasteiger partial charge in [0, 0.05) is 21.1 Å². The number of hydrogen-bond donors (Lipinski definition) is 2. The van der Waals surface area contributed by atoms with Crippen LogP contribution in [0.1, 0.15) is 24.5 Å². The smallest absolute Gasteiger partial charge is 0.240 e. The summed E-state index contributed by atoms with van der Waals surface area (Å²) in [7, 11) is 0. The van der Waals surface area contributed by atoms with Crippen LogP contribution < -0.4 is 5.32 Å². The Bertz CT molecular complexity index is 1080. The third kappa shape index (κ3) is 2.90. The van der Waals surface area contributed by atoms with Crippen LogP contribution in [0.2, 0.25) is 0 Å². The third-order valence-corrected chi connectivity index (χ3v) is 5.65. The van der Waals surface area contributed by atoms with E-state index in [0.717, 1.165) is 37.9 Å². The maximum atomic E-state index is 12.6. The van der Waals surface area contributed by atoms with Gasteiger partial charge in [-0.25, -0.2) is 4.98 Å². The average molecular weight is 411 g/mol. The van der Waals surface area contributed by atoms with E-state index in [1.54, 1.807) is 0 Å². The second kappa shape index (κ2) is 6.61. The van der Waals surface area contributed by atoms with Gasteiger partial charge in [-0.2, -0.15) is 0 Å². The number of carbonyl (C=O) groups is 1. The molecule has 4 rings (SSSR count). The molecule has 0 aliphatic heterocycles. The van der Waals surface area contributed by atoms with Gasteiger partial charge in [-0.15, -0.1) is 0 Å². The lowest BCUT2D eigenvalue weighted by Gasteiger charge is -2.13. The fourth-order valence-electron chi connectivity index (χ4n) is 3.27. The number of para-hydroxylation sites is 3. The number of fused-ring (bicyclic) bond motifs is 2. The van der Waals surface area contributed by atoms with Crippen LogP contribution in [0.25, 0.3) is 21.9 Å². The number of nitrogens with one attached hydrogen (secondary N) is 2. The monoisotopic (exact) mass is 410 g/mol. The number of imidazole rings is 1. The number of rotatable bonds is 4. The van der Waals surface area contributed by atoms with Crippen LogP contribution >= 0.6 is 15.9 Å². The molecule has 132 valence electrons. The van der Waals surface area contributed by atoms with Gasteiger partial charge in [-0.3, -0.25) is 4.79 Å². The first-order valence-corrected chi connectivity index (χ1v) is 9.31. The van der Waals surface area contributed by atoms with Crippen LogP contribution in [0.5, 0.6) is 0 Å². The van der Waals surface area contributed by atoms with Gasteiger partial charge in [0.1, 0.15) is 12.4 Å². The van der Waals surface area contributed by atoms with Crippen molar-refractivity contribution in [2.75, 3.05) is 0 Å². The molecule has 0 aliphatic carbocycles. The highest BCUT2D eigenvalue weighted by Crippen LogP contribution is 2.30. The van der Waals surface area contributed by atoms with E-state index in [9.17, 15) is 4.79 Å². The van der Waals surface area contributed by atoms with E-state index in [1.165, 1.54) is 0 Å². The number of nitrogens with zero attached hydrogens (tertiary/aromatic N) is 2. The minimum absolute atomic E-state index is 0.0469. The number of amides is 1. The highest BCUT2D eigenvalue weighted by atomic mass is 79.9. The van der Waals surface area contributed by atoms with E-state index in [-0.39, 0.29) is 18.5 Å². The first-order valence-electron chi connectivity index (χ1n) is 8.52. The van der Waals surface area contributed by atoms with Crippen molar-refractivity contribution in [2.45, 2.75) is 26.4 Å². The average Bonchev–Trinajstić information content (AvgIpc) is 3.18. The van der Waals surface area contributed by atoms with Crippen molar-refractivity contribution in [1.29, 1.82) is 0 Å². The number of aromatic amines is 1. The number of carbonyl (C=O) groups excluding carboxylic acids is 1. The van der Waals surface area contributed by atoms with Gasteiger partial charge in [0.2, 0.25) is 5.91 Å². The van der Waals surface area contributed by atoms with Crippen molar-refractivity contribution in [2.24, 2.45) is 0 Å². The molecule has 0 fully saturated rings. The molecule has 1 unspecified atom stereocenters. The summed E-state index contributed by atoms with van der Waals surface area (Å²) in [6.07, 6.45) is 0. The fourth-order valence-corrected chi connectivity index (χ4v) is 3.82. The highest BCUT2D eigenvalue weighted by Gasteiger charge is 2.17. The summed E-state index contributed by atoms with van der Waals surface area (Å²) in [4.78, 5) is 20.5. The molecule has 0 saturated heterocycles. The summed E-state index contributed by atoms with van der Waals surface area (Å²) >= 11 is 3.63. The lowest BCUT2D eigenvalue weighted by atomic mass is 10.2. The molecule has 26 heavy (non-hydrogen) atoms. The van der Waals surface area contributed by atoms with E-state index < -0.39 is 0 Å². The Morgan fingerprint density at radius 1 is 1.23 bits per heavy atom. The number of benzene rings is 2. The first kappa shape index (κ1) is 16.8. The number of hydrogen-bond acceptors (Lipinski definition) is 2. The SMILES string of the molecule is Cc1c(Br)c2ccccc2n1CC(=O)NC(C)c1nc2ccccc2[nH]1. The number of halogens is 1. The molecule has 0 saturated carbocycles. The van der Waals surface area contributed by atoms with Gasteiger partial charge in [0.25, 0.3) is 0 Å². The van der Waals surface area contributed by atoms with Crippen LogP contribution in [-0.4, -0.2) is 20.4 Å². The summed E-state index contributed by atoms with van der Waals surface area (Å²) in [5, 5.41) is 4.15. The molecule has 2 aromatic carbocycles. The quantitative estimate of drug-likeness (QED) is 0.521. The van der Waals surface area contributed by atoms with Crippen LogP contribution in [0, 0.1) is 6.92 Å². The predicted octanol–water partition coefficient (Wildman–Crippen LogP) is 4.47. The van der Waals surface area contributed by atoms with E-state index in [0.29, 0.717) is 0 Å². The standard InChI is InChI=1S/C20H19BrN4O/c1-12(20-23-15-8-4-5-9-16(15)24-20)22-18(26)11-25-13(2)19(21)14-7-3-6-10-17(14)25/h3-10,12H,11H2,1-2H3,(H,22,26)(H,23,24). The second-order valence-electron chi connectivity index (χ2n) is 6.43. The van der Waals surface area contributed by atoms with E-state index in [2.05, 4.69) is 37.3 Å². The molecule has 0 bridgehead atoms. The molecule has 1 atom stereocenters. The molecule has 5 nitrogen and oxygen atoms in total. The second-order valence-corrected chi connectivity index (χ2v) is 7.22. The molecule has 2 N–H and O–H groups in total. The molecule has 0 radical (unpaired) electrons. The Morgan fingerprint density at radius 3 is 2.77 bits per heavy atom. The Kier molecular flexibility index (Phi) is 4.28. The van der Waals surface area contributed by atoms with Gasteiger partial charge < -0.3 is 14.9 Å². The van der Waals surface area contributed by atoms with Crippen LogP contribution in [0.4, 0.5) is 0 Å². The molecular formula is C20H19BrN4O. The van der Waals surface area contributed by atoms with E-state index in [1.807, 2.05) is 60.9 Å². The zero-order chi connectivity index (χ0) is 18.3. The zero-order valence-electron chi connectivity index (χ0n) is 14.6. The van der Waals surface area contributed by atoms with Crippen molar-refractivity contribution in [3.05, 3.63) is 64.5 Å². The Hall–Kier alpha value is -2.60. The minimum Gasteiger partial charge on any atom is -0.345 e. The largest absolute Gasteiger partial charge is 0.345 e. The molecule has 0 aliphatic rings. The normalized spacial score (nSPS) is 12.6. The van der Waals surface area contributed by atoms with E-state index >= 15 is 0 Å². The van der Waals surface area contributed by atoms with Crippen molar-refractivity contribution >= 4 is 43.8 Å². The first-order chi connectivity index (χ1) is 12.5. The minimum atomic E-state index is -0.194. The molecule has 2 aromatic heterocycles. The Balaban J connectivity index is 1.55. The topological polar surface area (TPSA) is 62.7 Å². The van der Waals surface area contributed by atoms with Gasteiger partial charge in [-0.1, -0.05) is 30.3 Å². The van der Waals surface area contributed by atoms with Gasteiger partial charge in [0.15, 0.2) is 0 Å².